The Morgan fingerprint density at radius 2 is 2.24 bits per heavy atom. The van der Waals surface area contributed by atoms with Crippen LogP contribution in [0.15, 0.2) is 24.3 Å². The van der Waals surface area contributed by atoms with E-state index in [0.29, 0.717) is 18.5 Å². The van der Waals surface area contributed by atoms with Gasteiger partial charge in [0.25, 0.3) is 0 Å². The van der Waals surface area contributed by atoms with E-state index >= 15 is 0 Å². The maximum atomic E-state index is 13.0. The zero-order chi connectivity index (χ0) is 15.4. The Bertz CT molecular complexity index is 588. The van der Waals surface area contributed by atoms with Gasteiger partial charge >= 0.3 is 5.97 Å². The number of benzene rings is 1. The summed E-state index contributed by atoms with van der Waals surface area (Å²) in [5, 5.41) is 8.83. The van der Waals surface area contributed by atoms with Gasteiger partial charge in [-0.25, -0.2) is 4.39 Å². The van der Waals surface area contributed by atoms with Crippen LogP contribution in [0.4, 0.5) is 4.39 Å². The van der Waals surface area contributed by atoms with E-state index in [4.69, 9.17) is 16.7 Å². The fraction of sp³-hybridized carbons (Fsp3) is 0.333. The van der Waals surface area contributed by atoms with Crippen LogP contribution in [0.2, 0.25) is 5.02 Å². The van der Waals surface area contributed by atoms with E-state index in [-0.39, 0.29) is 23.4 Å². The van der Waals surface area contributed by atoms with Crippen molar-refractivity contribution >= 4 is 29.6 Å². The summed E-state index contributed by atoms with van der Waals surface area (Å²) in [6, 6.07) is 3.93. The third-order valence-corrected chi connectivity index (χ3v) is 3.72. The fourth-order valence-electron chi connectivity index (χ4n) is 2.42. The number of halogens is 2. The number of carboxylic acids is 1. The van der Waals surface area contributed by atoms with E-state index in [1.807, 2.05) is 0 Å². The van der Waals surface area contributed by atoms with E-state index < -0.39 is 11.8 Å². The minimum atomic E-state index is -0.908. The Balaban J connectivity index is 2.04. The molecule has 1 unspecified atom stereocenters. The number of likely N-dealkylation sites (tertiary alicyclic amines) is 1. The Morgan fingerprint density at radius 3 is 2.90 bits per heavy atom. The molecule has 112 valence electrons. The first-order chi connectivity index (χ1) is 9.97. The number of amides is 1. The number of carbonyl (C=O) groups excluding carboxylic acids is 1. The summed E-state index contributed by atoms with van der Waals surface area (Å²) in [4.78, 5) is 24.4. The lowest BCUT2D eigenvalue weighted by molar-refractivity contribution is -0.139. The molecule has 1 amide bonds. The van der Waals surface area contributed by atoms with Crippen LogP contribution in [-0.2, 0) is 9.59 Å². The highest BCUT2D eigenvalue weighted by Gasteiger charge is 2.28. The van der Waals surface area contributed by atoms with Gasteiger partial charge in [-0.05, 0) is 36.6 Å². The summed E-state index contributed by atoms with van der Waals surface area (Å²) in [5.41, 5.74) is 0.615. The molecule has 0 bridgehead atoms. The number of hydrogen-bond donors (Lipinski definition) is 1. The number of hydrogen-bond acceptors (Lipinski definition) is 2. The standard InChI is InChI=1S/C15H15ClFNO3/c16-12-8-10(3-5-13(12)17)4-6-14(19)18-7-1-2-11(18)9-15(20)21/h3-6,8,11H,1-2,7,9H2,(H,20,21)/b6-4+. The third kappa shape index (κ3) is 4.04. The van der Waals surface area contributed by atoms with E-state index in [0.717, 1.165) is 6.42 Å². The van der Waals surface area contributed by atoms with Crippen LogP contribution in [0, 0.1) is 5.82 Å². The van der Waals surface area contributed by atoms with Crippen molar-refractivity contribution in [1.82, 2.24) is 4.90 Å². The topological polar surface area (TPSA) is 57.6 Å². The highest BCUT2D eigenvalue weighted by molar-refractivity contribution is 6.30. The van der Waals surface area contributed by atoms with Crippen molar-refractivity contribution < 1.29 is 19.1 Å². The van der Waals surface area contributed by atoms with E-state index in [1.165, 1.54) is 24.3 Å². The van der Waals surface area contributed by atoms with Crippen molar-refractivity contribution in [3.63, 3.8) is 0 Å². The van der Waals surface area contributed by atoms with Crippen molar-refractivity contribution in [3.05, 3.63) is 40.7 Å². The van der Waals surface area contributed by atoms with Crippen molar-refractivity contribution in [1.29, 1.82) is 0 Å². The number of carboxylic acid groups (broad SMARTS) is 1. The number of aliphatic carboxylic acids is 1. The molecule has 0 saturated carbocycles. The molecule has 1 atom stereocenters. The summed E-state index contributed by atoms with van der Waals surface area (Å²) in [7, 11) is 0. The van der Waals surface area contributed by atoms with Gasteiger partial charge in [0.15, 0.2) is 0 Å². The van der Waals surface area contributed by atoms with Gasteiger partial charge in [0.2, 0.25) is 5.91 Å². The van der Waals surface area contributed by atoms with Gasteiger partial charge in [0.05, 0.1) is 11.4 Å². The van der Waals surface area contributed by atoms with E-state index in [2.05, 4.69) is 0 Å². The molecule has 0 aromatic heterocycles. The average Bonchev–Trinajstić information content (AvgIpc) is 2.87. The molecule has 1 fully saturated rings. The molecule has 6 heteroatoms. The summed E-state index contributed by atoms with van der Waals surface area (Å²) in [6.07, 6.45) is 4.38. The molecule has 1 N–H and O–H groups in total. The molecule has 1 aliphatic heterocycles. The molecule has 21 heavy (non-hydrogen) atoms. The molecule has 1 heterocycles. The molecule has 0 aliphatic carbocycles. The minimum absolute atomic E-state index is 0.00507. The van der Waals surface area contributed by atoms with Crippen molar-refractivity contribution in [2.75, 3.05) is 6.54 Å². The Kier molecular flexibility index (Phi) is 4.96. The van der Waals surface area contributed by atoms with Gasteiger partial charge in [-0.2, -0.15) is 0 Å². The number of nitrogens with zero attached hydrogens (tertiary/aromatic N) is 1. The number of rotatable bonds is 4. The first-order valence-corrected chi connectivity index (χ1v) is 7.00. The van der Waals surface area contributed by atoms with Crippen molar-refractivity contribution in [3.8, 4) is 0 Å². The van der Waals surface area contributed by atoms with Crippen molar-refractivity contribution in [2.45, 2.75) is 25.3 Å². The molecule has 2 rings (SSSR count). The third-order valence-electron chi connectivity index (χ3n) is 3.43. The quantitative estimate of drug-likeness (QED) is 0.870. The van der Waals surface area contributed by atoms with E-state index in [1.54, 1.807) is 11.0 Å². The highest BCUT2D eigenvalue weighted by atomic mass is 35.5. The average molecular weight is 312 g/mol. The Morgan fingerprint density at radius 1 is 1.48 bits per heavy atom. The van der Waals surface area contributed by atoms with Crippen LogP contribution in [0.5, 0.6) is 0 Å². The zero-order valence-electron chi connectivity index (χ0n) is 11.3. The first-order valence-electron chi connectivity index (χ1n) is 6.63. The molecular weight excluding hydrogens is 297 g/mol. The Labute approximate surface area is 126 Å². The maximum absolute atomic E-state index is 13.0. The zero-order valence-corrected chi connectivity index (χ0v) is 12.0. The lowest BCUT2D eigenvalue weighted by Crippen LogP contribution is -2.35. The highest BCUT2D eigenvalue weighted by Crippen LogP contribution is 2.21. The van der Waals surface area contributed by atoms with Crippen LogP contribution < -0.4 is 0 Å². The first kappa shape index (κ1) is 15.5. The maximum Gasteiger partial charge on any atom is 0.305 e. The summed E-state index contributed by atoms with van der Waals surface area (Å²) < 4.78 is 13.0. The summed E-state index contributed by atoms with van der Waals surface area (Å²) in [6.45, 7) is 0.561. The normalized spacial score (nSPS) is 18.4. The second-order valence-electron chi connectivity index (χ2n) is 4.93. The van der Waals surface area contributed by atoms with Gasteiger partial charge in [0, 0.05) is 18.7 Å². The van der Waals surface area contributed by atoms with Crippen LogP contribution in [-0.4, -0.2) is 34.5 Å². The SMILES string of the molecule is O=C(O)CC1CCCN1C(=O)/C=C/c1ccc(F)c(Cl)c1. The molecule has 0 spiro atoms. The summed E-state index contributed by atoms with van der Waals surface area (Å²) in [5.74, 6) is -1.66. The second kappa shape index (κ2) is 6.72. The molecule has 1 saturated heterocycles. The van der Waals surface area contributed by atoms with Crippen LogP contribution in [0.1, 0.15) is 24.8 Å². The molecule has 1 aromatic carbocycles. The lowest BCUT2D eigenvalue weighted by Gasteiger charge is -2.21. The smallest absolute Gasteiger partial charge is 0.305 e. The van der Waals surface area contributed by atoms with Gasteiger partial charge in [-0.3, -0.25) is 9.59 Å². The Hall–Kier alpha value is -1.88. The lowest BCUT2D eigenvalue weighted by atomic mass is 10.1. The largest absolute Gasteiger partial charge is 0.481 e. The summed E-state index contributed by atoms with van der Waals surface area (Å²) >= 11 is 5.67. The predicted molar refractivity (Wildman–Crippen MR) is 77.4 cm³/mol. The minimum Gasteiger partial charge on any atom is -0.481 e. The monoisotopic (exact) mass is 311 g/mol. The van der Waals surface area contributed by atoms with Gasteiger partial charge < -0.3 is 10.0 Å². The van der Waals surface area contributed by atoms with Gasteiger partial charge in [0.1, 0.15) is 5.82 Å². The second-order valence-corrected chi connectivity index (χ2v) is 5.34. The molecule has 1 aromatic rings. The van der Waals surface area contributed by atoms with Crippen LogP contribution in [0.3, 0.4) is 0 Å². The van der Waals surface area contributed by atoms with E-state index in [9.17, 15) is 14.0 Å². The predicted octanol–water partition coefficient (Wildman–Crippen LogP) is 2.96. The van der Waals surface area contributed by atoms with Gasteiger partial charge in [-0.15, -0.1) is 0 Å². The van der Waals surface area contributed by atoms with Crippen LogP contribution in [0.25, 0.3) is 6.08 Å². The van der Waals surface area contributed by atoms with Crippen LogP contribution >= 0.6 is 11.6 Å². The number of carbonyl (C=O) groups is 2. The van der Waals surface area contributed by atoms with Gasteiger partial charge in [-0.1, -0.05) is 17.7 Å². The van der Waals surface area contributed by atoms with Crippen molar-refractivity contribution in [2.24, 2.45) is 0 Å². The molecular formula is C15H15ClFNO3. The molecule has 0 radical (unpaired) electrons. The molecule has 1 aliphatic rings. The fourth-order valence-corrected chi connectivity index (χ4v) is 2.61. The molecule has 4 nitrogen and oxygen atoms in total.